The highest BCUT2D eigenvalue weighted by atomic mass is 16.8. The van der Waals surface area contributed by atoms with Crippen molar-refractivity contribution in [1.82, 2.24) is 0 Å². The van der Waals surface area contributed by atoms with Gasteiger partial charge in [-0.25, -0.2) is 9.59 Å². The number of hydrogen-bond acceptors (Lipinski definition) is 33. The van der Waals surface area contributed by atoms with Crippen LogP contribution in [0.3, 0.4) is 0 Å². The first kappa shape index (κ1) is 70.3. The van der Waals surface area contributed by atoms with Crippen LogP contribution in [-0.4, -0.2) is 273 Å². The fraction of sp³-hybridized carbons (Fsp3) is 0.468. The van der Waals surface area contributed by atoms with E-state index in [9.17, 15) is 96.4 Å². The number of ether oxygens (including phenoxy) is 12. The quantitative estimate of drug-likeness (QED) is 0.0263. The Morgan fingerprint density at radius 1 is 0.505 bits per heavy atom. The summed E-state index contributed by atoms with van der Waals surface area (Å²) in [4.78, 5) is 41.3. The molecule has 0 unspecified atom stereocenters. The molecule has 1 aromatic heterocycles. The van der Waals surface area contributed by atoms with Gasteiger partial charge in [-0.1, -0.05) is 24.3 Å². The molecular formula is C62H70O33. The van der Waals surface area contributed by atoms with Crippen LogP contribution in [0.4, 0.5) is 0 Å². The normalized spacial score (nSPS) is 35.3. The number of carbonyl (C=O) groups excluding carboxylic acids is 2. The Labute approximate surface area is 536 Å². The van der Waals surface area contributed by atoms with Crippen LogP contribution in [0, 0.1) is 0 Å². The molecule has 0 aliphatic carbocycles. The van der Waals surface area contributed by atoms with Gasteiger partial charge in [-0.05, 0) is 78.7 Å². The summed E-state index contributed by atoms with van der Waals surface area (Å²) in [6.45, 7) is -1.94. The molecule has 24 atom stereocenters. The molecule has 95 heavy (non-hydrogen) atoms. The van der Waals surface area contributed by atoms with E-state index in [2.05, 4.69) is 0 Å². The average molecular weight is 1340 g/mol. The lowest BCUT2D eigenvalue weighted by molar-refractivity contribution is -0.396. The first-order chi connectivity index (χ1) is 45.3. The zero-order valence-corrected chi connectivity index (χ0v) is 49.7. The number of aliphatic hydroxyl groups is 13. The van der Waals surface area contributed by atoms with Crippen molar-refractivity contribution >= 4 is 35.1 Å². The Hall–Kier alpha value is -7.53. The van der Waals surface area contributed by atoms with Crippen molar-refractivity contribution in [3.8, 4) is 45.8 Å². The highest BCUT2D eigenvalue weighted by Crippen LogP contribution is 2.42. The monoisotopic (exact) mass is 1340 g/mol. The molecule has 5 aliphatic rings. The van der Waals surface area contributed by atoms with E-state index in [0.29, 0.717) is 11.1 Å². The second-order valence-corrected chi connectivity index (χ2v) is 22.8. The summed E-state index contributed by atoms with van der Waals surface area (Å²) < 4.78 is 77.9. The molecule has 6 heterocycles. The van der Waals surface area contributed by atoms with Gasteiger partial charge < -0.3 is 148 Å². The van der Waals surface area contributed by atoms with E-state index in [1.54, 1.807) is 0 Å². The summed E-state index contributed by atoms with van der Waals surface area (Å²) in [5.74, 6) is -5.18. The van der Waals surface area contributed by atoms with Crippen LogP contribution in [0.5, 0.6) is 34.5 Å². The Kier molecular flexibility index (Phi) is 22.4. The van der Waals surface area contributed by atoms with Gasteiger partial charge in [0.25, 0.3) is 0 Å². The second-order valence-electron chi connectivity index (χ2n) is 22.8. The molecule has 5 saturated heterocycles. The highest BCUT2D eigenvalue weighted by molar-refractivity contribution is 5.89. The molecule has 0 spiro atoms. The van der Waals surface area contributed by atoms with Crippen LogP contribution in [-0.2, 0) is 57.0 Å². The molecule has 0 amide bonds. The Morgan fingerprint density at radius 3 is 1.49 bits per heavy atom. The van der Waals surface area contributed by atoms with Gasteiger partial charge in [0, 0.05) is 29.8 Å². The van der Waals surface area contributed by atoms with E-state index in [1.807, 2.05) is 0 Å². The Morgan fingerprint density at radius 2 is 0.968 bits per heavy atom. The summed E-state index contributed by atoms with van der Waals surface area (Å²) >= 11 is 0. The lowest BCUT2D eigenvalue weighted by atomic mass is 9.95. The first-order valence-electron chi connectivity index (χ1n) is 29.5. The zero-order chi connectivity index (χ0) is 68.3. The van der Waals surface area contributed by atoms with Gasteiger partial charge in [0.15, 0.2) is 30.7 Å². The molecule has 33 nitrogen and oxygen atoms in total. The third kappa shape index (κ3) is 15.8. The summed E-state index contributed by atoms with van der Waals surface area (Å²) in [6, 6.07) is 18.0. The minimum absolute atomic E-state index is 0.0552. The van der Waals surface area contributed by atoms with Gasteiger partial charge in [-0.2, -0.15) is 0 Å². The maximum atomic E-state index is 15.3. The molecule has 33 heteroatoms. The van der Waals surface area contributed by atoms with Crippen molar-refractivity contribution in [2.75, 3.05) is 26.4 Å². The van der Waals surface area contributed by atoms with Gasteiger partial charge in [0.05, 0.1) is 19.3 Å². The van der Waals surface area contributed by atoms with Crippen molar-refractivity contribution in [3.63, 3.8) is 0 Å². The molecule has 5 aliphatic heterocycles. The first-order valence-corrected chi connectivity index (χ1v) is 29.5. The number of phenols is 4. The predicted molar refractivity (Wildman–Crippen MR) is 313 cm³/mol. The number of aliphatic hydroxyl groups excluding tert-OH is 13. The van der Waals surface area contributed by atoms with Crippen LogP contribution >= 0.6 is 0 Å². The van der Waals surface area contributed by atoms with Gasteiger partial charge in [-0.3, -0.25) is 4.79 Å². The Bertz CT molecular complexity index is 3530. The molecule has 0 radical (unpaired) electrons. The van der Waals surface area contributed by atoms with Crippen molar-refractivity contribution in [2.45, 2.75) is 154 Å². The average Bonchev–Trinajstić information content (AvgIpc) is 0.755. The van der Waals surface area contributed by atoms with E-state index in [4.69, 9.17) is 61.3 Å². The van der Waals surface area contributed by atoms with Crippen molar-refractivity contribution < 1.29 is 158 Å². The number of carbonyl (C=O) groups is 2. The lowest BCUT2D eigenvalue weighted by Crippen LogP contribution is -2.68. The van der Waals surface area contributed by atoms with E-state index < -0.39 is 225 Å². The molecule has 516 valence electrons. The summed E-state index contributed by atoms with van der Waals surface area (Å²) in [5, 5.41) is 183. The minimum atomic E-state index is -2.32. The topological polar surface area (TPSA) is 519 Å². The number of hydrogen-bond donors (Lipinski definition) is 17. The fourth-order valence-electron chi connectivity index (χ4n) is 10.8. The molecule has 4 aromatic carbocycles. The number of phenolic OH excluding ortho intramolecular Hbond substituents is 4. The van der Waals surface area contributed by atoms with E-state index in [1.165, 1.54) is 91.9 Å². The van der Waals surface area contributed by atoms with Crippen molar-refractivity contribution in [3.05, 3.63) is 118 Å². The van der Waals surface area contributed by atoms with Crippen molar-refractivity contribution in [1.29, 1.82) is 0 Å². The minimum Gasteiger partial charge on any atom is -0.508 e. The molecule has 0 bridgehead atoms. The number of fused-ring (bicyclic) bond motifs is 1. The van der Waals surface area contributed by atoms with Crippen LogP contribution in [0.2, 0.25) is 0 Å². The van der Waals surface area contributed by atoms with E-state index >= 15 is 4.79 Å². The van der Waals surface area contributed by atoms with Crippen LogP contribution in [0.1, 0.15) is 18.1 Å². The smallest absolute Gasteiger partial charge is 0.330 e. The maximum Gasteiger partial charge on any atom is 0.330 e. The number of benzene rings is 4. The van der Waals surface area contributed by atoms with E-state index in [0.717, 1.165) is 24.3 Å². The summed E-state index contributed by atoms with van der Waals surface area (Å²) in [5.41, 5.74) is -0.889. The van der Waals surface area contributed by atoms with Crippen molar-refractivity contribution in [2.24, 2.45) is 0 Å². The largest absolute Gasteiger partial charge is 0.508 e. The van der Waals surface area contributed by atoms with Gasteiger partial charge in [0.2, 0.25) is 23.8 Å². The van der Waals surface area contributed by atoms with Gasteiger partial charge in [0.1, 0.15) is 157 Å². The third-order valence-electron chi connectivity index (χ3n) is 16.2. The SMILES string of the molecule is C[C@@H]1O[C@@H](Oc2c(-c3ccc(O)cc3)oc3cc(O[C@@H]4O[C@H](CO)[C@@H](O)[C@H](O)[C@H]4O)cc(O)c3c2=O)[C@H](O[C@@H]2O[C@H](COC(=O)C=Cc3ccc(O)cc3)[C@@H](O)[C@H](O)[C@H]2O)[C@H](O[C@@H]2O[C@H](COC(=O)C=Cc3ccc(O)cc3)[C@@H](O)[C@H](O)[C@H]2O)[C@H]1O[C@@H]1OC[C@@H](O)[C@H](O)[C@H]1O. The van der Waals surface area contributed by atoms with Gasteiger partial charge in [-0.15, -0.1) is 0 Å². The number of rotatable bonds is 20. The number of esters is 2. The fourth-order valence-corrected chi connectivity index (χ4v) is 10.8. The van der Waals surface area contributed by atoms with Crippen LogP contribution in [0.25, 0.3) is 34.4 Å². The molecule has 5 aromatic rings. The van der Waals surface area contributed by atoms with Crippen LogP contribution in [0.15, 0.2) is 106 Å². The molecule has 5 fully saturated rings. The summed E-state index contributed by atoms with van der Waals surface area (Å²) in [7, 11) is 0. The van der Waals surface area contributed by atoms with E-state index in [-0.39, 0.29) is 22.8 Å². The summed E-state index contributed by atoms with van der Waals surface area (Å²) in [6.07, 6.45) is -43.2. The predicted octanol–water partition coefficient (Wildman–Crippen LogP) is -3.69. The zero-order valence-electron chi connectivity index (χ0n) is 49.7. The maximum absolute atomic E-state index is 15.3. The standard InChI is InChI=1S/C62H70O33/c1-24-53(92-58-49(79)41(71)33(68)21-85-58)56(94-60-51(81)47(77)43(73)36(90-60)22-83-38(69)16-6-25-2-10-28(64)11-3-25)57(95-61-52(82)48(78)44(74)37(91-61)23-84-39(70)17-7-26-4-12-29(65)13-5-26)62(86-24)93-55-45(75)40-32(67)18-31(87-59-50(80)46(76)42(72)35(20-63)89-59)19-34(40)88-54(55)27-8-14-30(66)15-9-27/h2-19,24,33,35-37,41-44,46-53,56-68,71-74,76-82H,20-23H2,1H3/t24-,33+,35+,36+,37+,41-,42+,43+,44+,46-,47-,48-,49+,50+,51+,52+,53-,56+,57+,58-,59+,60-,61-,62-/m0/s1. The third-order valence-corrected chi connectivity index (χ3v) is 16.2. The number of aromatic hydroxyl groups is 4. The molecule has 0 saturated carbocycles. The van der Waals surface area contributed by atoms with Gasteiger partial charge >= 0.3 is 11.9 Å². The highest BCUT2D eigenvalue weighted by Gasteiger charge is 2.57. The molecule has 10 rings (SSSR count). The molecule has 17 N–H and O–H groups in total. The second kappa shape index (κ2) is 30.3. The Balaban J connectivity index is 1.05. The lowest BCUT2D eigenvalue weighted by Gasteiger charge is -2.50. The van der Waals surface area contributed by atoms with Crippen LogP contribution < -0.4 is 14.9 Å². The molecular weight excluding hydrogens is 1270 g/mol.